The van der Waals surface area contributed by atoms with Gasteiger partial charge in [-0.15, -0.1) is 11.3 Å². The summed E-state index contributed by atoms with van der Waals surface area (Å²) in [6, 6.07) is 3.96. The lowest BCUT2D eigenvalue weighted by molar-refractivity contribution is -0.140. The van der Waals surface area contributed by atoms with E-state index < -0.39 is 34.7 Å². The number of rotatable bonds is 4. The van der Waals surface area contributed by atoms with Crippen molar-refractivity contribution >= 4 is 33.3 Å². The molecule has 1 aromatic carbocycles. The van der Waals surface area contributed by atoms with Crippen molar-refractivity contribution in [3.8, 4) is 11.3 Å². The van der Waals surface area contributed by atoms with Crippen molar-refractivity contribution in [3.05, 3.63) is 73.3 Å². The van der Waals surface area contributed by atoms with Gasteiger partial charge in [0.15, 0.2) is 5.13 Å². The Labute approximate surface area is 185 Å². The highest BCUT2D eigenvalue weighted by Gasteiger charge is 2.34. The summed E-state index contributed by atoms with van der Waals surface area (Å²) in [6.07, 6.45) is -3.86. The van der Waals surface area contributed by atoms with Gasteiger partial charge >= 0.3 is 11.9 Å². The van der Waals surface area contributed by atoms with Gasteiger partial charge in [0, 0.05) is 16.6 Å². The van der Waals surface area contributed by atoms with Crippen LogP contribution in [0.25, 0.3) is 22.2 Å². The summed E-state index contributed by atoms with van der Waals surface area (Å²) in [5, 5.41) is 2.68. The van der Waals surface area contributed by atoms with Gasteiger partial charge in [-0.2, -0.15) is 13.2 Å². The Hall–Kier alpha value is -3.87. The maximum Gasteiger partial charge on any atom is 0.419 e. The van der Waals surface area contributed by atoms with Gasteiger partial charge in [0.25, 0.3) is 5.56 Å². The summed E-state index contributed by atoms with van der Waals surface area (Å²) in [6.45, 7) is 1.60. The summed E-state index contributed by atoms with van der Waals surface area (Å²) < 4.78 is 52.7. The molecule has 33 heavy (non-hydrogen) atoms. The second-order valence-electron chi connectivity index (χ2n) is 6.93. The Morgan fingerprint density at radius 3 is 2.67 bits per heavy atom. The lowest BCUT2D eigenvalue weighted by Gasteiger charge is -2.09. The molecule has 0 saturated carbocycles. The number of hydrogen-bond acceptors (Lipinski definition) is 6. The number of benzene rings is 1. The first kappa shape index (κ1) is 22.3. The average Bonchev–Trinajstić information content (AvgIpc) is 3.06. The molecule has 0 unspecified atom stereocenters. The molecular weight excluding hydrogens is 466 g/mol. The topological polar surface area (TPSA) is 121 Å². The van der Waals surface area contributed by atoms with Crippen molar-refractivity contribution in [2.75, 3.05) is 5.32 Å². The third-order valence-electron chi connectivity index (χ3n) is 4.65. The van der Waals surface area contributed by atoms with Crippen LogP contribution in [0.15, 0.2) is 40.1 Å². The maximum absolute atomic E-state index is 13.6. The van der Waals surface area contributed by atoms with Crippen LogP contribution in [0.3, 0.4) is 0 Å². The van der Waals surface area contributed by atoms with E-state index in [0.29, 0.717) is 17.0 Å². The molecule has 4 aromatic rings. The molecule has 170 valence electrons. The fraction of sp³-hybridized carbons (Fsp3) is 0.150. The third kappa shape index (κ3) is 4.53. The zero-order chi connectivity index (χ0) is 23.9. The number of halogens is 4. The first-order chi connectivity index (χ1) is 15.5. The smallest absolute Gasteiger partial charge is 0.307 e. The van der Waals surface area contributed by atoms with Gasteiger partial charge in [0.2, 0.25) is 5.91 Å². The van der Waals surface area contributed by atoms with Crippen LogP contribution < -0.4 is 16.6 Å². The van der Waals surface area contributed by atoms with Gasteiger partial charge in [-0.1, -0.05) is 0 Å². The van der Waals surface area contributed by atoms with E-state index in [1.807, 2.05) is 0 Å². The van der Waals surface area contributed by atoms with Gasteiger partial charge in [0.1, 0.15) is 5.82 Å². The van der Waals surface area contributed by atoms with Crippen LogP contribution >= 0.6 is 11.3 Å². The lowest BCUT2D eigenvalue weighted by atomic mass is 10.1. The highest BCUT2D eigenvalue weighted by Crippen LogP contribution is 2.36. The van der Waals surface area contributed by atoms with E-state index in [9.17, 15) is 31.9 Å². The van der Waals surface area contributed by atoms with Crippen molar-refractivity contribution in [2.24, 2.45) is 0 Å². The largest absolute Gasteiger partial charge is 0.419 e. The molecule has 0 bridgehead atoms. The Kier molecular flexibility index (Phi) is 5.57. The molecule has 8 nitrogen and oxygen atoms in total. The number of nitrogens with zero attached hydrogens (tertiary/aromatic N) is 2. The van der Waals surface area contributed by atoms with E-state index in [4.69, 9.17) is 0 Å². The Morgan fingerprint density at radius 1 is 1.18 bits per heavy atom. The summed E-state index contributed by atoms with van der Waals surface area (Å²) in [5.41, 5.74) is -2.27. The molecule has 0 aliphatic carbocycles. The number of pyridine rings is 1. The van der Waals surface area contributed by atoms with Crippen LogP contribution in [-0.4, -0.2) is 25.8 Å². The maximum atomic E-state index is 13.6. The Bertz CT molecular complexity index is 1510. The molecule has 0 spiro atoms. The normalized spacial score (nSPS) is 11.7. The number of aromatic amines is 2. The van der Waals surface area contributed by atoms with Crippen LogP contribution in [0.5, 0.6) is 0 Å². The van der Waals surface area contributed by atoms with E-state index in [-0.39, 0.29) is 39.4 Å². The summed E-state index contributed by atoms with van der Waals surface area (Å²) >= 11 is 1.02. The second kappa shape index (κ2) is 8.24. The van der Waals surface area contributed by atoms with Crippen LogP contribution in [0.1, 0.15) is 16.1 Å². The molecule has 1 amide bonds. The van der Waals surface area contributed by atoms with E-state index in [2.05, 4.69) is 25.3 Å². The van der Waals surface area contributed by atoms with Crippen molar-refractivity contribution in [2.45, 2.75) is 19.5 Å². The zero-order valence-corrected chi connectivity index (χ0v) is 17.4. The van der Waals surface area contributed by atoms with Gasteiger partial charge in [0.05, 0.1) is 34.3 Å². The number of anilines is 1. The minimum atomic E-state index is -4.87. The fourth-order valence-electron chi connectivity index (χ4n) is 3.24. The summed E-state index contributed by atoms with van der Waals surface area (Å²) in [4.78, 5) is 49.3. The number of alkyl halides is 3. The number of thiazole rings is 1. The minimum Gasteiger partial charge on any atom is -0.307 e. The van der Waals surface area contributed by atoms with Crippen molar-refractivity contribution in [1.82, 2.24) is 19.9 Å². The molecule has 3 aromatic heterocycles. The van der Waals surface area contributed by atoms with Crippen molar-refractivity contribution < 1.29 is 22.4 Å². The molecule has 13 heteroatoms. The quantitative estimate of drug-likeness (QED) is 0.388. The zero-order valence-electron chi connectivity index (χ0n) is 16.6. The number of nitrogens with one attached hydrogen (secondary N) is 3. The molecule has 0 atom stereocenters. The van der Waals surface area contributed by atoms with E-state index in [1.54, 1.807) is 6.92 Å². The minimum absolute atomic E-state index is 0.0455. The average molecular weight is 479 g/mol. The van der Waals surface area contributed by atoms with Gasteiger partial charge in [-0.05, 0) is 31.2 Å². The standard InChI is InChI=1S/C20H13F4N5O3S/c1-8-16(9-2-3-11(21)10(6-9)20(22,23)24)28-19(33-8)27-14(30)7-13-15-12(4-5-25-13)26-18(32)29-17(15)31/h2-6H,7H2,1H3,(H,27,28,30)(H2,26,29,31,32). The first-order valence-electron chi connectivity index (χ1n) is 9.27. The molecule has 0 saturated heterocycles. The van der Waals surface area contributed by atoms with Crippen LogP contribution in [0.2, 0.25) is 0 Å². The van der Waals surface area contributed by atoms with Crippen LogP contribution in [0, 0.1) is 12.7 Å². The van der Waals surface area contributed by atoms with E-state index in [1.165, 1.54) is 18.3 Å². The fourth-order valence-corrected chi connectivity index (χ4v) is 4.09. The lowest BCUT2D eigenvalue weighted by Crippen LogP contribution is -2.24. The van der Waals surface area contributed by atoms with Gasteiger partial charge in [-0.3, -0.25) is 19.6 Å². The number of carbonyl (C=O) groups is 1. The molecule has 0 aliphatic heterocycles. The predicted octanol–water partition coefficient (Wildman–Crippen LogP) is 3.38. The molecule has 3 heterocycles. The predicted molar refractivity (Wildman–Crippen MR) is 113 cm³/mol. The number of carbonyl (C=O) groups excluding carboxylic acids is 1. The molecule has 0 aliphatic rings. The molecular formula is C20H13F4N5O3S. The van der Waals surface area contributed by atoms with Crippen molar-refractivity contribution in [3.63, 3.8) is 0 Å². The Balaban J connectivity index is 1.60. The van der Waals surface area contributed by atoms with Crippen LogP contribution in [0.4, 0.5) is 22.7 Å². The summed E-state index contributed by atoms with van der Waals surface area (Å²) in [5.74, 6) is -1.98. The molecule has 3 N–H and O–H groups in total. The number of hydrogen-bond donors (Lipinski definition) is 3. The first-order valence-corrected chi connectivity index (χ1v) is 10.1. The Morgan fingerprint density at radius 2 is 1.94 bits per heavy atom. The number of H-pyrrole nitrogens is 2. The number of amides is 1. The number of aryl methyl sites for hydroxylation is 1. The summed E-state index contributed by atoms with van der Waals surface area (Å²) in [7, 11) is 0. The van der Waals surface area contributed by atoms with Crippen LogP contribution in [-0.2, 0) is 17.4 Å². The SMILES string of the molecule is Cc1sc(NC(=O)Cc2nccc3[nH]c(=O)[nH]c(=O)c23)nc1-c1ccc(F)c(C(F)(F)F)c1. The molecule has 0 radical (unpaired) electrons. The van der Waals surface area contributed by atoms with E-state index >= 15 is 0 Å². The van der Waals surface area contributed by atoms with E-state index in [0.717, 1.165) is 11.3 Å². The number of fused-ring (bicyclic) bond motifs is 1. The highest BCUT2D eigenvalue weighted by molar-refractivity contribution is 7.16. The van der Waals surface area contributed by atoms with Gasteiger partial charge in [-0.25, -0.2) is 14.2 Å². The number of aromatic nitrogens is 4. The third-order valence-corrected chi connectivity index (χ3v) is 5.53. The second-order valence-corrected chi connectivity index (χ2v) is 8.13. The highest BCUT2D eigenvalue weighted by atomic mass is 32.1. The van der Waals surface area contributed by atoms with Crippen molar-refractivity contribution in [1.29, 1.82) is 0 Å². The molecule has 0 fully saturated rings. The monoisotopic (exact) mass is 479 g/mol. The molecule has 4 rings (SSSR count). The van der Waals surface area contributed by atoms with Gasteiger partial charge < -0.3 is 10.3 Å².